The molecular weight excluding hydrogens is 238 g/mol. The van der Waals surface area contributed by atoms with Gasteiger partial charge in [0, 0.05) is 6.54 Å². The smallest absolute Gasteiger partial charge is 0.303 e. The van der Waals surface area contributed by atoms with E-state index in [0.717, 1.165) is 19.5 Å². The molecule has 0 bridgehead atoms. The summed E-state index contributed by atoms with van der Waals surface area (Å²) in [5.41, 5.74) is 3.77. The molecule has 3 nitrogen and oxygen atoms in total. The van der Waals surface area contributed by atoms with E-state index in [1.807, 2.05) is 13.8 Å². The topological polar surface area (TPSA) is 49.3 Å². The summed E-state index contributed by atoms with van der Waals surface area (Å²) in [6.07, 6.45) is 1.17. The minimum Gasteiger partial charge on any atom is -0.481 e. The van der Waals surface area contributed by atoms with E-state index in [2.05, 4.69) is 37.4 Å². The van der Waals surface area contributed by atoms with Crippen LogP contribution in [0.25, 0.3) is 0 Å². The Labute approximate surface area is 116 Å². The number of carboxylic acid groups (broad SMARTS) is 1. The summed E-state index contributed by atoms with van der Waals surface area (Å²) in [5, 5.41) is 12.2. The summed E-state index contributed by atoms with van der Waals surface area (Å²) in [7, 11) is 0. The van der Waals surface area contributed by atoms with Crippen LogP contribution < -0.4 is 5.32 Å². The highest BCUT2D eigenvalue weighted by molar-refractivity contribution is 5.67. The first kappa shape index (κ1) is 15.7. The monoisotopic (exact) mass is 263 g/mol. The third-order valence-electron chi connectivity index (χ3n) is 3.40. The van der Waals surface area contributed by atoms with Gasteiger partial charge in [0.25, 0.3) is 0 Å². The van der Waals surface area contributed by atoms with Crippen LogP contribution in [-0.4, -0.2) is 24.2 Å². The maximum absolute atomic E-state index is 10.7. The Morgan fingerprint density at radius 3 is 2.53 bits per heavy atom. The average Bonchev–Trinajstić information content (AvgIpc) is 2.27. The minimum absolute atomic E-state index is 0.198. The van der Waals surface area contributed by atoms with E-state index < -0.39 is 5.97 Å². The zero-order chi connectivity index (χ0) is 14.5. The Bertz CT molecular complexity index is 438. The van der Waals surface area contributed by atoms with Gasteiger partial charge in [-0.1, -0.05) is 32.0 Å². The molecule has 0 atom stereocenters. The molecule has 1 aromatic carbocycles. The normalized spacial score (nSPS) is 11.6. The molecule has 0 radical (unpaired) electrons. The quantitative estimate of drug-likeness (QED) is 0.744. The van der Waals surface area contributed by atoms with Gasteiger partial charge < -0.3 is 10.4 Å². The van der Waals surface area contributed by atoms with Crippen molar-refractivity contribution >= 4 is 5.97 Å². The second kappa shape index (κ2) is 6.71. The maximum atomic E-state index is 10.7. The van der Waals surface area contributed by atoms with Crippen molar-refractivity contribution < 1.29 is 9.90 Å². The van der Waals surface area contributed by atoms with Crippen LogP contribution in [0.2, 0.25) is 0 Å². The van der Waals surface area contributed by atoms with Gasteiger partial charge in [-0.2, -0.15) is 0 Å². The van der Waals surface area contributed by atoms with Crippen molar-refractivity contribution in [3.63, 3.8) is 0 Å². The summed E-state index contributed by atoms with van der Waals surface area (Å²) in [6.45, 7) is 9.80. The molecule has 0 aliphatic carbocycles. The predicted molar refractivity (Wildman–Crippen MR) is 78.5 cm³/mol. The van der Waals surface area contributed by atoms with Crippen molar-refractivity contribution in [2.45, 2.75) is 40.5 Å². The highest BCUT2D eigenvalue weighted by Crippen LogP contribution is 2.18. The summed E-state index contributed by atoms with van der Waals surface area (Å²) < 4.78 is 0. The van der Waals surface area contributed by atoms with Crippen molar-refractivity contribution in [3.05, 3.63) is 34.9 Å². The number of carbonyl (C=O) groups is 1. The zero-order valence-electron chi connectivity index (χ0n) is 12.4. The Balaban J connectivity index is 2.34. The standard InChI is InChI=1S/C16H25NO2/c1-12-5-6-14(9-13(12)2)7-8-17-11-16(3,4)10-15(18)19/h5-6,9,17H,7-8,10-11H2,1-4H3,(H,18,19). The third-order valence-corrected chi connectivity index (χ3v) is 3.40. The molecule has 0 heterocycles. The van der Waals surface area contributed by atoms with Crippen LogP contribution in [0, 0.1) is 19.3 Å². The highest BCUT2D eigenvalue weighted by atomic mass is 16.4. The fraction of sp³-hybridized carbons (Fsp3) is 0.562. The molecule has 2 N–H and O–H groups in total. The Morgan fingerprint density at radius 2 is 1.95 bits per heavy atom. The van der Waals surface area contributed by atoms with Gasteiger partial charge in [0.1, 0.15) is 0 Å². The lowest BCUT2D eigenvalue weighted by molar-refractivity contribution is -0.139. The van der Waals surface area contributed by atoms with E-state index in [0.29, 0.717) is 0 Å². The lowest BCUT2D eigenvalue weighted by Crippen LogP contribution is -2.32. The molecular formula is C16H25NO2. The number of hydrogen-bond acceptors (Lipinski definition) is 2. The molecule has 0 aliphatic heterocycles. The molecule has 0 unspecified atom stereocenters. The van der Waals surface area contributed by atoms with Gasteiger partial charge in [-0.25, -0.2) is 0 Å². The average molecular weight is 263 g/mol. The van der Waals surface area contributed by atoms with Crippen LogP contribution in [0.15, 0.2) is 18.2 Å². The number of nitrogens with one attached hydrogen (secondary N) is 1. The number of rotatable bonds is 7. The molecule has 19 heavy (non-hydrogen) atoms. The molecule has 0 spiro atoms. The number of carboxylic acids is 1. The zero-order valence-corrected chi connectivity index (χ0v) is 12.4. The molecule has 0 aliphatic rings. The van der Waals surface area contributed by atoms with Gasteiger partial charge in [-0.05, 0) is 48.9 Å². The first-order chi connectivity index (χ1) is 8.80. The summed E-state index contributed by atoms with van der Waals surface area (Å²) >= 11 is 0. The number of aliphatic carboxylic acids is 1. The van der Waals surface area contributed by atoms with Gasteiger partial charge in [-0.3, -0.25) is 4.79 Å². The van der Waals surface area contributed by atoms with Crippen LogP contribution in [-0.2, 0) is 11.2 Å². The van der Waals surface area contributed by atoms with Crippen LogP contribution in [0.4, 0.5) is 0 Å². The van der Waals surface area contributed by atoms with Crippen LogP contribution >= 0.6 is 0 Å². The fourth-order valence-corrected chi connectivity index (χ4v) is 2.09. The lowest BCUT2D eigenvalue weighted by Gasteiger charge is -2.22. The highest BCUT2D eigenvalue weighted by Gasteiger charge is 2.20. The molecule has 0 saturated heterocycles. The summed E-state index contributed by atoms with van der Waals surface area (Å²) in [4.78, 5) is 10.7. The van der Waals surface area contributed by atoms with Crippen molar-refractivity contribution in [3.8, 4) is 0 Å². The van der Waals surface area contributed by atoms with Crippen LogP contribution in [0.1, 0.15) is 37.0 Å². The van der Waals surface area contributed by atoms with E-state index in [-0.39, 0.29) is 11.8 Å². The Kier molecular flexibility index (Phi) is 5.55. The van der Waals surface area contributed by atoms with E-state index in [4.69, 9.17) is 5.11 Å². The molecule has 0 saturated carbocycles. The Hall–Kier alpha value is -1.35. The number of benzene rings is 1. The first-order valence-electron chi connectivity index (χ1n) is 6.79. The van der Waals surface area contributed by atoms with Gasteiger partial charge >= 0.3 is 5.97 Å². The molecule has 0 amide bonds. The van der Waals surface area contributed by atoms with E-state index in [1.54, 1.807) is 0 Å². The fourth-order valence-electron chi connectivity index (χ4n) is 2.09. The van der Waals surface area contributed by atoms with Crippen molar-refractivity contribution in [2.24, 2.45) is 5.41 Å². The SMILES string of the molecule is Cc1ccc(CCNCC(C)(C)CC(=O)O)cc1C. The Morgan fingerprint density at radius 1 is 1.26 bits per heavy atom. The van der Waals surface area contributed by atoms with Gasteiger partial charge in [0.15, 0.2) is 0 Å². The molecule has 1 aromatic rings. The lowest BCUT2D eigenvalue weighted by atomic mass is 9.89. The summed E-state index contributed by atoms with van der Waals surface area (Å²) in [6, 6.07) is 6.53. The van der Waals surface area contributed by atoms with Crippen molar-refractivity contribution in [2.75, 3.05) is 13.1 Å². The van der Waals surface area contributed by atoms with Gasteiger partial charge in [0.05, 0.1) is 6.42 Å². The maximum Gasteiger partial charge on any atom is 0.303 e. The number of aryl methyl sites for hydroxylation is 2. The predicted octanol–water partition coefficient (Wildman–Crippen LogP) is 2.94. The molecule has 0 fully saturated rings. The minimum atomic E-state index is -0.735. The molecule has 106 valence electrons. The number of hydrogen-bond donors (Lipinski definition) is 2. The second-order valence-electron chi connectivity index (χ2n) is 6.08. The van der Waals surface area contributed by atoms with Crippen LogP contribution in [0.5, 0.6) is 0 Å². The van der Waals surface area contributed by atoms with E-state index in [1.165, 1.54) is 16.7 Å². The second-order valence-corrected chi connectivity index (χ2v) is 6.08. The van der Waals surface area contributed by atoms with Crippen LogP contribution in [0.3, 0.4) is 0 Å². The van der Waals surface area contributed by atoms with Gasteiger partial charge in [0.2, 0.25) is 0 Å². The van der Waals surface area contributed by atoms with Gasteiger partial charge in [-0.15, -0.1) is 0 Å². The summed E-state index contributed by atoms with van der Waals surface area (Å²) in [5.74, 6) is -0.735. The van der Waals surface area contributed by atoms with E-state index in [9.17, 15) is 4.79 Å². The molecule has 1 rings (SSSR count). The van der Waals surface area contributed by atoms with Crippen molar-refractivity contribution in [1.82, 2.24) is 5.32 Å². The van der Waals surface area contributed by atoms with E-state index >= 15 is 0 Å². The molecule has 3 heteroatoms. The largest absolute Gasteiger partial charge is 0.481 e. The van der Waals surface area contributed by atoms with Crippen molar-refractivity contribution in [1.29, 1.82) is 0 Å². The first-order valence-corrected chi connectivity index (χ1v) is 6.79. The molecule has 0 aromatic heterocycles. The third kappa shape index (κ3) is 5.88.